The van der Waals surface area contributed by atoms with Crippen LogP contribution in [0.1, 0.15) is 79.1 Å². The average molecular weight is 309 g/mol. The lowest BCUT2D eigenvalue weighted by atomic mass is 10.1. The van der Waals surface area contributed by atoms with Crippen molar-refractivity contribution in [1.29, 1.82) is 0 Å². The van der Waals surface area contributed by atoms with Crippen LogP contribution in [0.25, 0.3) is 0 Å². The Bertz CT molecular complexity index is 358. The molecule has 3 heteroatoms. The summed E-state index contributed by atoms with van der Waals surface area (Å²) in [6.07, 6.45) is 15.3. The number of allylic oxidation sites excluding steroid dienone is 4. The molecule has 0 aromatic carbocycles. The molecule has 0 amide bonds. The molecule has 0 N–H and O–H groups in total. The van der Waals surface area contributed by atoms with E-state index in [2.05, 4.69) is 39.8 Å². The molecule has 0 aromatic rings. The first kappa shape index (κ1) is 17.0. The molecule has 2 rings (SSSR count). The molecule has 0 fully saturated rings. The van der Waals surface area contributed by atoms with Gasteiger partial charge in [-0.15, -0.1) is 0 Å². The molecule has 0 heterocycles. The maximum Gasteiger partial charge on any atom is 0.398 e. The molecule has 2 aliphatic carbocycles. The maximum atomic E-state index is 6.61. The van der Waals surface area contributed by atoms with Crippen molar-refractivity contribution < 1.29 is 8.85 Å². The summed E-state index contributed by atoms with van der Waals surface area (Å²) in [6, 6.07) is 0. The summed E-state index contributed by atoms with van der Waals surface area (Å²) in [7, 11) is -2.40. The third-order valence-corrected chi connectivity index (χ3v) is 8.44. The molecular formula is C18H32O2Si. The second kappa shape index (κ2) is 7.75. The zero-order valence-corrected chi connectivity index (χ0v) is 15.3. The van der Waals surface area contributed by atoms with Gasteiger partial charge in [0.2, 0.25) is 0 Å². The zero-order chi connectivity index (χ0) is 15.3. The predicted molar refractivity (Wildman–Crippen MR) is 91.3 cm³/mol. The van der Waals surface area contributed by atoms with E-state index in [9.17, 15) is 0 Å². The minimum Gasteiger partial charge on any atom is -0.386 e. The summed E-state index contributed by atoms with van der Waals surface area (Å²) in [5, 5.41) is 3.01. The summed E-state index contributed by atoms with van der Waals surface area (Å²) >= 11 is 0. The van der Waals surface area contributed by atoms with Gasteiger partial charge in [-0.05, 0) is 89.5 Å². The highest BCUT2D eigenvalue weighted by atomic mass is 28.4. The summed E-state index contributed by atoms with van der Waals surface area (Å²) in [4.78, 5) is 0. The molecule has 0 saturated heterocycles. The molecule has 0 saturated carbocycles. The normalized spacial score (nSPS) is 20.7. The Hall–Kier alpha value is -0.383. The third kappa shape index (κ3) is 4.30. The van der Waals surface area contributed by atoms with E-state index in [1.165, 1.54) is 61.8 Å². The van der Waals surface area contributed by atoms with Crippen LogP contribution in [0, 0.1) is 0 Å². The predicted octanol–water partition coefficient (Wildman–Crippen LogP) is 5.36. The van der Waals surface area contributed by atoms with Crippen LogP contribution in [-0.2, 0) is 8.85 Å². The first-order valence-corrected chi connectivity index (χ1v) is 10.6. The van der Waals surface area contributed by atoms with Crippen LogP contribution in [-0.4, -0.2) is 20.8 Å². The highest BCUT2D eigenvalue weighted by Gasteiger charge is 2.47. The highest BCUT2D eigenvalue weighted by Crippen LogP contribution is 2.38. The van der Waals surface area contributed by atoms with Gasteiger partial charge in [-0.2, -0.15) is 0 Å². The van der Waals surface area contributed by atoms with Crippen molar-refractivity contribution in [2.45, 2.75) is 91.3 Å². The molecule has 0 atom stereocenters. The van der Waals surface area contributed by atoms with E-state index in [1.54, 1.807) is 0 Å². The molecule has 0 aliphatic heterocycles. The zero-order valence-electron chi connectivity index (χ0n) is 14.3. The Morgan fingerprint density at radius 1 is 0.762 bits per heavy atom. The van der Waals surface area contributed by atoms with Gasteiger partial charge in [0.1, 0.15) is 0 Å². The lowest BCUT2D eigenvalue weighted by Gasteiger charge is -2.40. The third-order valence-electron chi connectivity index (χ3n) is 4.23. The van der Waals surface area contributed by atoms with Crippen molar-refractivity contribution in [3.63, 3.8) is 0 Å². The largest absolute Gasteiger partial charge is 0.398 e. The number of hydrogen-bond acceptors (Lipinski definition) is 2. The summed E-state index contributed by atoms with van der Waals surface area (Å²) in [5.74, 6) is 0. The van der Waals surface area contributed by atoms with Crippen LogP contribution in [0.4, 0.5) is 0 Å². The highest BCUT2D eigenvalue weighted by molar-refractivity contribution is 6.82. The summed E-state index contributed by atoms with van der Waals surface area (Å²) < 4.78 is 13.2. The van der Waals surface area contributed by atoms with Crippen LogP contribution >= 0.6 is 0 Å². The second-order valence-electron chi connectivity index (χ2n) is 6.90. The quantitative estimate of drug-likeness (QED) is 0.615. The first-order valence-electron chi connectivity index (χ1n) is 8.79. The topological polar surface area (TPSA) is 18.5 Å². The minimum absolute atomic E-state index is 0.223. The van der Waals surface area contributed by atoms with Gasteiger partial charge in [-0.25, -0.2) is 0 Å². The van der Waals surface area contributed by atoms with E-state index in [4.69, 9.17) is 8.85 Å². The Morgan fingerprint density at radius 2 is 1.19 bits per heavy atom. The minimum atomic E-state index is -2.40. The van der Waals surface area contributed by atoms with Crippen molar-refractivity contribution in [2.24, 2.45) is 0 Å². The Morgan fingerprint density at radius 3 is 1.48 bits per heavy atom. The SMILES string of the molecule is CC(C)O[Si](OC(C)C)(C1=CCCCC1)C1=CCCCC1. The molecule has 0 radical (unpaired) electrons. The van der Waals surface area contributed by atoms with Crippen molar-refractivity contribution in [3.8, 4) is 0 Å². The van der Waals surface area contributed by atoms with Gasteiger partial charge in [-0.3, -0.25) is 0 Å². The Balaban J connectivity index is 2.41. The van der Waals surface area contributed by atoms with Gasteiger partial charge in [0, 0.05) is 12.2 Å². The molecule has 2 aliphatic rings. The van der Waals surface area contributed by atoms with Gasteiger partial charge < -0.3 is 8.85 Å². The molecule has 21 heavy (non-hydrogen) atoms. The molecule has 0 unspecified atom stereocenters. The number of hydrogen-bond donors (Lipinski definition) is 0. The van der Waals surface area contributed by atoms with Crippen molar-refractivity contribution in [2.75, 3.05) is 0 Å². The average Bonchev–Trinajstić information content (AvgIpc) is 2.47. The van der Waals surface area contributed by atoms with Crippen LogP contribution in [0.15, 0.2) is 22.5 Å². The van der Waals surface area contributed by atoms with Gasteiger partial charge >= 0.3 is 8.56 Å². The molecule has 0 aromatic heterocycles. The molecule has 2 nitrogen and oxygen atoms in total. The monoisotopic (exact) mass is 308 g/mol. The molecule has 120 valence electrons. The maximum absolute atomic E-state index is 6.61. The number of rotatable bonds is 6. The Kier molecular flexibility index (Phi) is 6.27. The lowest BCUT2D eigenvalue weighted by Crippen LogP contribution is -2.51. The lowest BCUT2D eigenvalue weighted by molar-refractivity contribution is 0.115. The Labute approximate surface area is 131 Å². The fourth-order valence-corrected chi connectivity index (χ4v) is 7.71. The van der Waals surface area contributed by atoms with Gasteiger partial charge in [0.25, 0.3) is 0 Å². The first-order chi connectivity index (χ1) is 10.0. The molecule has 0 bridgehead atoms. The molecule has 0 spiro atoms. The van der Waals surface area contributed by atoms with E-state index >= 15 is 0 Å². The van der Waals surface area contributed by atoms with E-state index < -0.39 is 8.56 Å². The van der Waals surface area contributed by atoms with Crippen LogP contribution in [0.5, 0.6) is 0 Å². The smallest absolute Gasteiger partial charge is 0.386 e. The van der Waals surface area contributed by atoms with E-state index in [1.807, 2.05) is 0 Å². The van der Waals surface area contributed by atoms with Crippen LogP contribution < -0.4 is 0 Å². The van der Waals surface area contributed by atoms with E-state index in [0.29, 0.717) is 0 Å². The second-order valence-corrected chi connectivity index (χ2v) is 9.89. The fraction of sp³-hybridized carbons (Fsp3) is 0.778. The van der Waals surface area contributed by atoms with Crippen molar-refractivity contribution >= 4 is 8.56 Å². The fourth-order valence-electron chi connectivity index (χ4n) is 3.47. The summed E-state index contributed by atoms with van der Waals surface area (Å²) in [5.41, 5.74) is 0. The van der Waals surface area contributed by atoms with Gasteiger partial charge in [0.15, 0.2) is 0 Å². The van der Waals surface area contributed by atoms with E-state index in [0.717, 1.165) is 0 Å². The van der Waals surface area contributed by atoms with Crippen molar-refractivity contribution in [1.82, 2.24) is 0 Å². The standard InChI is InChI=1S/C18H32O2Si/c1-15(2)19-21(20-16(3)4,17-11-7-5-8-12-17)18-13-9-6-10-14-18/h11,13,15-16H,5-10,12,14H2,1-4H3. The molecular weight excluding hydrogens is 276 g/mol. The van der Waals surface area contributed by atoms with E-state index in [-0.39, 0.29) is 12.2 Å². The van der Waals surface area contributed by atoms with Crippen molar-refractivity contribution in [3.05, 3.63) is 22.5 Å². The summed E-state index contributed by atoms with van der Waals surface area (Å²) in [6.45, 7) is 8.60. The van der Waals surface area contributed by atoms with Crippen LogP contribution in [0.2, 0.25) is 0 Å². The van der Waals surface area contributed by atoms with Crippen LogP contribution in [0.3, 0.4) is 0 Å². The van der Waals surface area contributed by atoms with Gasteiger partial charge in [0.05, 0.1) is 0 Å². The van der Waals surface area contributed by atoms with Gasteiger partial charge in [-0.1, -0.05) is 12.2 Å².